The molecule has 1 aliphatic heterocycles. The Kier molecular flexibility index (Phi) is 4.62. The van der Waals surface area contributed by atoms with Crippen molar-refractivity contribution in [1.82, 2.24) is 0 Å². The standard InChI is InChI=1S/C15H20O5/c1-4-17-13-8-11(15(3)19-6-7-20-15)9-14(18-5-2)12(13)10-16/h8-10H,4-7H2,1-3H3. The van der Waals surface area contributed by atoms with Crippen molar-refractivity contribution < 1.29 is 23.7 Å². The molecule has 0 amide bonds. The van der Waals surface area contributed by atoms with Gasteiger partial charge in [-0.3, -0.25) is 4.79 Å². The zero-order valence-electron chi connectivity index (χ0n) is 12.1. The molecule has 1 fully saturated rings. The summed E-state index contributed by atoms with van der Waals surface area (Å²) < 4.78 is 22.4. The summed E-state index contributed by atoms with van der Waals surface area (Å²) in [5, 5.41) is 0. The highest BCUT2D eigenvalue weighted by atomic mass is 16.7. The predicted molar refractivity (Wildman–Crippen MR) is 73.4 cm³/mol. The molecule has 5 heteroatoms. The minimum absolute atomic E-state index is 0.416. The van der Waals surface area contributed by atoms with Crippen LogP contribution in [0.3, 0.4) is 0 Å². The summed E-state index contributed by atoms with van der Waals surface area (Å²) in [5.74, 6) is 0.159. The molecular weight excluding hydrogens is 260 g/mol. The van der Waals surface area contributed by atoms with Crippen LogP contribution in [-0.2, 0) is 15.3 Å². The number of carbonyl (C=O) groups excluding carboxylic acids is 1. The van der Waals surface area contributed by atoms with E-state index in [9.17, 15) is 4.79 Å². The molecule has 1 saturated heterocycles. The van der Waals surface area contributed by atoms with Crippen LogP contribution in [0.15, 0.2) is 12.1 Å². The lowest BCUT2D eigenvalue weighted by Gasteiger charge is -2.24. The van der Waals surface area contributed by atoms with Gasteiger partial charge in [-0.05, 0) is 32.9 Å². The number of hydrogen-bond donors (Lipinski definition) is 0. The van der Waals surface area contributed by atoms with Crippen LogP contribution in [0.1, 0.15) is 36.7 Å². The fourth-order valence-corrected chi connectivity index (χ4v) is 2.21. The lowest BCUT2D eigenvalue weighted by atomic mass is 10.0. The van der Waals surface area contributed by atoms with Crippen molar-refractivity contribution in [2.45, 2.75) is 26.6 Å². The van der Waals surface area contributed by atoms with E-state index in [1.54, 1.807) is 12.1 Å². The highest BCUT2D eigenvalue weighted by molar-refractivity contribution is 5.84. The Hall–Kier alpha value is -1.59. The highest BCUT2D eigenvalue weighted by Crippen LogP contribution is 2.38. The minimum Gasteiger partial charge on any atom is -0.493 e. The average molecular weight is 280 g/mol. The second kappa shape index (κ2) is 6.24. The summed E-state index contributed by atoms with van der Waals surface area (Å²) in [7, 11) is 0. The number of hydrogen-bond acceptors (Lipinski definition) is 5. The van der Waals surface area contributed by atoms with Crippen molar-refractivity contribution in [3.05, 3.63) is 23.3 Å². The van der Waals surface area contributed by atoms with Gasteiger partial charge in [0.2, 0.25) is 0 Å². The second-order valence-electron chi connectivity index (χ2n) is 4.51. The van der Waals surface area contributed by atoms with Gasteiger partial charge in [-0.1, -0.05) is 0 Å². The minimum atomic E-state index is -0.820. The van der Waals surface area contributed by atoms with E-state index < -0.39 is 5.79 Å². The van der Waals surface area contributed by atoms with Gasteiger partial charge >= 0.3 is 0 Å². The Morgan fingerprint density at radius 1 is 1.15 bits per heavy atom. The zero-order valence-corrected chi connectivity index (χ0v) is 12.1. The van der Waals surface area contributed by atoms with E-state index in [1.807, 2.05) is 20.8 Å². The van der Waals surface area contributed by atoms with Crippen molar-refractivity contribution in [1.29, 1.82) is 0 Å². The number of aldehydes is 1. The van der Waals surface area contributed by atoms with Gasteiger partial charge in [0.25, 0.3) is 0 Å². The maximum Gasteiger partial charge on any atom is 0.192 e. The number of carbonyl (C=O) groups is 1. The van der Waals surface area contributed by atoms with E-state index in [-0.39, 0.29) is 0 Å². The first-order valence-electron chi connectivity index (χ1n) is 6.81. The average Bonchev–Trinajstić information content (AvgIpc) is 2.87. The summed E-state index contributed by atoms with van der Waals surface area (Å²) in [6.45, 7) is 7.60. The van der Waals surface area contributed by atoms with E-state index in [1.165, 1.54) is 0 Å². The second-order valence-corrected chi connectivity index (χ2v) is 4.51. The summed E-state index contributed by atoms with van der Waals surface area (Å²) in [6, 6.07) is 3.56. The van der Waals surface area contributed by atoms with Gasteiger partial charge in [0.15, 0.2) is 12.1 Å². The first kappa shape index (κ1) is 14.8. The highest BCUT2D eigenvalue weighted by Gasteiger charge is 2.34. The van der Waals surface area contributed by atoms with Gasteiger partial charge in [-0.2, -0.15) is 0 Å². The monoisotopic (exact) mass is 280 g/mol. The lowest BCUT2D eigenvalue weighted by molar-refractivity contribution is -0.149. The maximum atomic E-state index is 11.3. The third-order valence-corrected chi connectivity index (χ3v) is 3.18. The Morgan fingerprint density at radius 2 is 1.65 bits per heavy atom. The van der Waals surface area contributed by atoms with E-state index in [2.05, 4.69) is 0 Å². The Bertz CT molecular complexity index is 450. The van der Waals surface area contributed by atoms with Crippen molar-refractivity contribution in [2.75, 3.05) is 26.4 Å². The maximum absolute atomic E-state index is 11.3. The fourth-order valence-electron chi connectivity index (χ4n) is 2.21. The van der Waals surface area contributed by atoms with E-state index >= 15 is 0 Å². The largest absolute Gasteiger partial charge is 0.493 e. The van der Waals surface area contributed by atoms with Gasteiger partial charge < -0.3 is 18.9 Å². The Labute approximate surface area is 118 Å². The fraction of sp³-hybridized carbons (Fsp3) is 0.533. The third kappa shape index (κ3) is 2.78. The molecule has 1 aliphatic rings. The molecule has 1 aromatic rings. The van der Waals surface area contributed by atoms with E-state index in [4.69, 9.17) is 18.9 Å². The first-order chi connectivity index (χ1) is 9.64. The molecule has 0 radical (unpaired) electrons. The van der Waals surface area contributed by atoms with Gasteiger partial charge in [0.05, 0.1) is 32.0 Å². The molecule has 2 rings (SSSR count). The topological polar surface area (TPSA) is 54.0 Å². The molecule has 0 spiro atoms. The molecule has 0 atom stereocenters. The molecule has 5 nitrogen and oxygen atoms in total. The predicted octanol–water partition coefficient (Wildman–Crippen LogP) is 2.52. The molecule has 1 heterocycles. The molecule has 0 aromatic heterocycles. The molecule has 0 bridgehead atoms. The van der Waals surface area contributed by atoms with Crippen LogP contribution in [0, 0.1) is 0 Å². The summed E-state index contributed by atoms with van der Waals surface area (Å²) in [6.07, 6.45) is 0.748. The Balaban J connectivity index is 2.49. The summed E-state index contributed by atoms with van der Waals surface area (Å²) >= 11 is 0. The molecular formula is C15H20O5. The molecule has 0 unspecified atom stereocenters. The smallest absolute Gasteiger partial charge is 0.192 e. The van der Waals surface area contributed by atoms with Crippen LogP contribution in [0.25, 0.3) is 0 Å². The quantitative estimate of drug-likeness (QED) is 0.749. The number of ether oxygens (including phenoxy) is 4. The normalized spacial score (nSPS) is 16.9. The first-order valence-corrected chi connectivity index (χ1v) is 6.81. The van der Waals surface area contributed by atoms with Gasteiger partial charge in [0.1, 0.15) is 11.5 Å². The van der Waals surface area contributed by atoms with Crippen molar-refractivity contribution in [3.8, 4) is 11.5 Å². The molecule has 20 heavy (non-hydrogen) atoms. The SMILES string of the molecule is CCOc1cc(C2(C)OCCO2)cc(OCC)c1C=O. The summed E-state index contributed by atoms with van der Waals surface area (Å²) in [4.78, 5) is 11.3. The molecule has 110 valence electrons. The van der Waals surface area contributed by atoms with Crippen molar-refractivity contribution in [3.63, 3.8) is 0 Å². The van der Waals surface area contributed by atoms with Crippen LogP contribution < -0.4 is 9.47 Å². The summed E-state index contributed by atoms with van der Waals surface area (Å²) in [5.41, 5.74) is 1.20. The van der Waals surface area contributed by atoms with E-state index in [0.29, 0.717) is 43.5 Å². The van der Waals surface area contributed by atoms with E-state index in [0.717, 1.165) is 11.8 Å². The van der Waals surface area contributed by atoms with Gasteiger partial charge in [-0.25, -0.2) is 0 Å². The van der Waals surface area contributed by atoms with Crippen molar-refractivity contribution >= 4 is 6.29 Å². The van der Waals surface area contributed by atoms with Crippen molar-refractivity contribution in [2.24, 2.45) is 0 Å². The Morgan fingerprint density at radius 3 is 2.05 bits per heavy atom. The van der Waals surface area contributed by atoms with Gasteiger partial charge in [-0.15, -0.1) is 0 Å². The van der Waals surface area contributed by atoms with Crippen LogP contribution in [0.5, 0.6) is 11.5 Å². The molecule has 0 aliphatic carbocycles. The zero-order chi connectivity index (χ0) is 14.6. The number of benzene rings is 1. The lowest BCUT2D eigenvalue weighted by Crippen LogP contribution is -2.23. The number of rotatable bonds is 6. The van der Waals surface area contributed by atoms with Crippen LogP contribution in [0.2, 0.25) is 0 Å². The molecule has 0 saturated carbocycles. The van der Waals surface area contributed by atoms with Crippen LogP contribution in [0.4, 0.5) is 0 Å². The van der Waals surface area contributed by atoms with Crippen LogP contribution in [-0.4, -0.2) is 32.7 Å². The molecule has 1 aromatic carbocycles. The third-order valence-electron chi connectivity index (χ3n) is 3.18. The molecule has 0 N–H and O–H groups in total. The van der Waals surface area contributed by atoms with Gasteiger partial charge in [0, 0.05) is 5.56 Å². The van der Waals surface area contributed by atoms with Crippen LogP contribution >= 0.6 is 0 Å².